The number of piperazine rings is 1. The Labute approximate surface area is 210 Å². The smallest absolute Gasteiger partial charge is 0.277 e. The SMILES string of the molecule is CCCc1nc(C)c2c(=O)[nH]c(-c3cc(CN4CCN(c5ncccn5)CC4)ccc3OCC)nn12. The molecule has 1 aliphatic rings. The van der Waals surface area contributed by atoms with E-state index in [1.54, 1.807) is 16.9 Å². The van der Waals surface area contributed by atoms with Gasteiger partial charge in [0.25, 0.3) is 5.56 Å². The monoisotopic (exact) mass is 488 g/mol. The van der Waals surface area contributed by atoms with Crippen LogP contribution in [0.15, 0.2) is 41.5 Å². The van der Waals surface area contributed by atoms with Crippen LogP contribution >= 0.6 is 0 Å². The summed E-state index contributed by atoms with van der Waals surface area (Å²) < 4.78 is 7.61. The number of aromatic amines is 1. The Balaban J connectivity index is 1.42. The Bertz CT molecular complexity index is 1390. The molecule has 188 valence electrons. The van der Waals surface area contributed by atoms with Crippen molar-refractivity contribution in [1.82, 2.24) is 34.4 Å². The summed E-state index contributed by atoms with van der Waals surface area (Å²) in [6, 6.07) is 7.97. The fourth-order valence-corrected chi connectivity index (χ4v) is 4.70. The molecule has 0 bridgehead atoms. The fraction of sp³-hybridized carbons (Fsp3) is 0.423. The molecule has 4 heterocycles. The van der Waals surface area contributed by atoms with Gasteiger partial charge >= 0.3 is 0 Å². The van der Waals surface area contributed by atoms with Gasteiger partial charge in [0.05, 0.1) is 17.9 Å². The number of aromatic nitrogens is 6. The van der Waals surface area contributed by atoms with Gasteiger partial charge in [-0.3, -0.25) is 9.69 Å². The highest BCUT2D eigenvalue weighted by Crippen LogP contribution is 2.29. The van der Waals surface area contributed by atoms with E-state index in [1.165, 1.54) is 0 Å². The minimum absolute atomic E-state index is 0.195. The maximum absolute atomic E-state index is 13.0. The molecule has 4 aromatic rings. The van der Waals surface area contributed by atoms with Crippen LogP contribution in [0.25, 0.3) is 16.9 Å². The van der Waals surface area contributed by atoms with Crippen molar-refractivity contribution in [3.8, 4) is 17.1 Å². The van der Waals surface area contributed by atoms with Gasteiger partial charge in [0, 0.05) is 51.5 Å². The molecule has 0 radical (unpaired) electrons. The molecule has 10 heteroatoms. The van der Waals surface area contributed by atoms with E-state index in [-0.39, 0.29) is 5.56 Å². The van der Waals surface area contributed by atoms with Crippen LogP contribution in [0.2, 0.25) is 0 Å². The van der Waals surface area contributed by atoms with Crippen LogP contribution < -0.4 is 15.2 Å². The number of H-pyrrole nitrogens is 1. The van der Waals surface area contributed by atoms with Gasteiger partial charge in [0.2, 0.25) is 5.95 Å². The number of fused-ring (bicyclic) bond motifs is 1. The summed E-state index contributed by atoms with van der Waals surface area (Å²) in [5, 5.41) is 4.80. The molecule has 0 atom stereocenters. The number of benzene rings is 1. The lowest BCUT2D eigenvalue weighted by molar-refractivity contribution is 0.248. The minimum Gasteiger partial charge on any atom is -0.493 e. The van der Waals surface area contributed by atoms with Gasteiger partial charge < -0.3 is 14.6 Å². The molecule has 1 N–H and O–H groups in total. The summed E-state index contributed by atoms with van der Waals surface area (Å²) in [5.74, 6) is 2.76. The Morgan fingerprint density at radius 3 is 2.58 bits per heavy atom. The van der Waals surface area contributed by atoms with Crippen molar-refractivity contribution in [2.24, 2.45) is 0 Å². The van der Waals surface area contributed by atoms with E-state index >= 15 is 0 Å². The third-order valence-electron chi connectivity index (χ3n) is 6.43. The van der Waals surface area contributed by atoms with Crippen molar-refractivity contribution in [3.63, 3.8) is 0 Å². The number of hydrogen-bond donors (Lipinski definition) is 1. The van der Waals surface area contributed by atoms with E-state index in [9.17, 15) is 4.79 Å². The summed E-state index contributed by atoms with van der Waals surface area (Å²) in [6.45, 7) is 10.8. The topological polar surface area (TPSA) is 105 Å². The van der Waals surface area contributed by atoms with Gasteiger partial charge in [-0.1, -0.05) is 13.0 Å². The van der Waals surface area contributed by atoms with Crippen molar-refractivity contribution in [1.29, 1.82) is 0 Å². The van der Waals surface area contributed by atoms with Gasteiger partial charge in [-0.2, -0.15) is 0 Å². The third kappa shape index (κ3) is 4.81. The average Bonchev–Trinajstić information content (AvgIpc) is 3.21. The summed E-state index contributed by atoms with van der Waals surface area (Å²) in [5.41, 5.74) is 2.91. The summed E-state index contributed by atoms with van der Waals surface area (Å²) in [7, 11) is 0. The first-order valence-corrected chi connectivity index (χ1v) is 12.6. The second-order valence-electron chi connectivity index (χ2n) is 9.00. The van der Waals surface area contributed by atoms with Crippen LogP contribution in [-0.4, -0.2) is 67.2 Å². The minimum atomic E-state index is -0.195. The van der Waals surface area contributed by atoms with Gasteiger partial charge in [-0.05, 0) is 44.0 Å². The van der Waals surface area contributed by atoms with E-state index in [4.69, 9.17) is 9.84 Å². The van der Waals surface area contributed by atoms with Crippen LogP contribution in [-0.2, 0) is 13.0 Å². The van der Waals surface area contributed by atoms with Gasteiger partial charge in [0.1, 0.15) is 11.6 Å². The number of aryl methyl sites for hydroxylation is 2. The molecule has 1 aromatic carbocycles. The lowest BCUT2D eigenvalue weighted by Gasteiger charge is -2.34. The van der Waals surface area contributed by atoms with Gasteiger partial charge in [-0.15, -0.1) is 5.10 Å². The standard InChI is InChI=1S/C26H32N8O2/c1-4-7-22-29-18(3)23-25(35)30-24(31-34(22)23)20-16-19(8-9-21(20)36-5-2)17-32-12-14-33(15-13-32)26-27-10-6-11-28-26/h6,8-11,16H,4-5,7,12-15,17H2,1-3H3,(H,30,31,35). The Hall–Kier alpha value is -3.79. The highest BCUT2D eigenvalue weighted by molar-refractivity contribution is 5.66. The van der Waals surface area contributed by atoms with E-state index in [0.29, 0.717) is 29.4 Å². The van der Waals surface area contributed by atoms with E-state index in [1.807, 2.05) is 26.0 Å². The molecular formula is C26H32N8O2. The van der Waals surface area contributed by atoms with E-state index < -0.39 is 0 Å². The van der Waals surface area contributed by atoms with Crippen LogP contribution in [0.3, 0.4) is 0 Å². The molecule has 0 unspecified atom stereocenters. The molecule has 0 spiro atoms. The van der Waals surface area contributed by atoms with Crippen molar-refractivity contribution >= 4 is 11.5 Å². The van der Waals surface area contributed by atoms with Gasteiger partial charge in [0.15, 0.2) is 11.3 Å². The molecular weight excluding hydrogens is 456 g/mol. The average molecular weight is 489 g/mol. The van der Waals surface area contributed by atoms with Gasteiger partial charge in [-0.25, -0.2) is 19.5 Å². The van der Waals surface area contributed by atoms with E-state index in [0.717, 1.165) is 68.5 Å². The molecule has 1 aliphatic heterocycles. The molecule has 36 heavy (non-hydrogen) atoms. The molecule has 0 aliphatic carbocycles. The lowest BCUT2D eigenvalue weighted by Crippen LogP contribution is -2.46. The Morgan fingerprint density at radius 1 is 1.08 bits per heavy atom. The predicted molar refractivity (Wildman–Crippen MR) is 138 cm³/mol. The van der Waals surface area contributed by atoms with E-state index in [2.05, 4.69) is 48.8 Å². The number of nitrogens with zero attached hydrogens (tertiary/aromatic N) is 7. The molecule has 0 saturated carbocycles. The molecule has 5 rings (SSSR count). The van der Waals surface area contributed by atoms with Crippen molar-refractivity contribution < 1.29 is 4.74 Å². The molecule has 1 saturated heterocycles. The zero-order valence-corrected chi connectivity index (χ0v) is 21.1. The molecule has 1 fully saturated rings. The lowest BCUT2D eigenvalue weighted by atomic mass is 10.1. The normalized spacial score (nSPS) is 14.5. The Kier molecular flexibility index (Phi) is 6.95. The zero-order chi connectivity index (χ0) is 25.1. The molecule has 0 amide bonds. The van der Waals surface area contributed by atoms with Crippen LogP contribution in [0.4, 0.5) is 5.95 Å². The predicted octanol–water partition coefficient (Wildman–Crippen LogP) is 2.86. The quantitative estimate of drug-likeness (QED) is 0.404. The van der Waals surface area contributed by atoms with Crippen molar-refractivity contribution in [3.05, 3.63) is 64.1 Å². The second kappa shape index (κ2) is 10.4. The summed E-state index contributed by atoms with van der Waals surface area (Å²) in [6.07, 6.45) is 5.24. The molecule has 10 nitrogen and oxygen atoms in total. The first-order valence-electron chi connectivity index (χ1n) is 12.6. The fourth-order valence-electron chi connectivity index (χ4n) is 4.70. The number of nitrogens with one attached hydrogen (secondary N) is 1. The number of imidazole rings is 1. The zero-order valence-electron chi connectivity index (χ0n) is 21.1. The maximum Gasteiger partial charge on any atom is 0.277 e. The highest BCUT2D eigenvalue weighted by Gasteiger charge is 2.21. The van der Waals surface area contributed by atoms with Crippen molar-refractivity contribution in [2.45, 2.75) is 40.2 Å². The number of rotatable bonds is 8. The summed E-state index contributed by atoms with van der Waals surface area (Å²) in [4.78, 5) is 33.9. The third-order valence-corrected chi connectivity index (χ3v) is 6.43. The second-order valence-corrected chi connectivity index (χ2v) is 9.00. The van der Waals surface area contributed by atoms with Crippen LogP contribution in [0, 0.1) is 6.92 Å². The highest BCUT2D eigenvalue weighted by atomic mass is 16.5. The van der Waals surface area contributed by atoms with Crippen molar-refractivity contribution in [2.75, 3.05) is 37.7 Å². The summed E-state index contributed by atoms with van der Waals surface area (Å²) >= 11 is 0. The Morgan fingerprint density at radius 2 is 1.86 bits per heavy atom. The first-order chi connectivity index (χ1) is 17.6. The number of anilines is 1. The number of ether oxygens (including phenoxy) is 1. The number of hydrogen-bond acceptors (Lipinski definition) is 8. The first kappa shape index (κ1) is 23.9. The van der Waals surface area contributed by atoms with Crippen LogP contribution in [0.1, 0.15) is 37.4 Å². The van der Waals surface area contributed by atoms with Crippen LogP contribution in [0.5, 0.6) is 5.75 Å². The molecule has 3 aromatic heterocycles. The maximum atomic E-state index is 13.0. The largest absolute Gasteiger partial charge is 0.493 e.